The molecule has 0 aliphatic heterocycles. The number of benzene rings is 1. The van der Waals surface area contributed by atoms with Crippen LogP contribution in [0.5, 0.6) is 0 Å². The van der Waals surface area contributed by atoms with Crippen LogP contribution in [0, 0.1) is 5.41 Å². The summed E-state index contributed by atoms with van der Waals surface area (Å²) < 4.78 is 13.1. The predicted molar refractivity (Wildman–Crippen MR) is 89.1 cm³/mol. The van der Waals surface area contributed by atoms with Crippen molar-refractivity contribution in [3.63, 3.8) is 0 Å². The molecule has 0 amide bonds. The van der Waals surface area contributed by atoms with E-state index in [9.17, 15) is 9.67 Å². The predicted octanol–water partition coefficient (Wildman–Crippen LogP) is 5.29. The third-order valence-electron chi connectivity index (χ3n) is 4.54. The second kappa shape index (κ2) is 7.03. The molecule has 116 valence electrons. The van der Waals surface area contributed by atoms with Crippen molar-refractivity contribution in [2.45, 2.75) is 70.3 Å². The van der Waals surface area contributed by atoms with E-state index < -0.39 is 13.9 Å². The Labute approximate surface area is 129 Å². The molecule has 0 aromatic heterocycles. The standard InChI is InChI=1S/C18H28O2P/c1-18(2,3)17(16(19)14-10-6-4-7-11-14)21(20)15-12-8-5-9-13-15/h4,6-7,10-11,15-17,19H,5,8-9,12-13H2,1-3H3/q+1/t16-,17+/m1/s1. The van der Waals surface area contributed by atoms with E-state index in [-0.39, 0.29) is 16.7 Å². The molecule has 1 unspecified atom stereocenters. The van der Waals surface area contributed by atoms with Crippen LogP contribution in [-0.4, -0.2) is 16.4 Å². The number of aliphatic hydroxyl groups is 1. The van der Waals surface area contributed by atoms with Gasteiger partial charge in [0.25, 0.3) is 0 Å². The molecule has 1 aliphatic carbocycles. The third kappa shape index (κ3) is 4.14. The summed E-state index contributed by atoms with van der Waals surface area (Å²) in [5.74, 6) is 0. The smallest absolute Gasteiger partial charge is 0.348 e. The van der Waals surface area contributed by atoms with E-state index in [1.54, 1.807) is 0 Å². The van der Waals surface area contributed by atoms with Crippen LogP contribution < -0.4 is 0 Å². The van der Waals surface area contributed by atoms with E-state index in [0.29, 0.717) is 0 Å². The van der Waals surface area contributed by atoms with Crippen LogP contribution in [-0.2, 0) is 4.57 Å². The van der Waals surface area contributed by atoms with E-state index in [1.807, 2.05) is 30.3 Å². The van der Waals surface area contributed by atoms with Gasteiger partial charge in [0.15, 0.2) is 11.3 Å². The van der Waals surface area contributed by atoms with Gasteiger partial charge in [0.05, 0.1) is 0 Å². The normalized spacial score (nSPS) is 20.9. The van der Waals surface area contributed by atoms with Gasteiger partial charge in [0.1, 0.15) is 6.10 Å². The van der Waals surface area contributed by atoms with Crippen molar-refractivity contribution >= 4 is 7.80 Å². The summed E-state index contributed by atoms with van der Waals surface area (Å²) in [6.07, 6.45) is 5.11. The molecule has 0 spiro atoms. The first-order valence-electron chi connectivity index (χ1n) is 8.10. The Morgan fingerprint density at radius 2 is 1.67 bits per heavy atom. The fourth-order valence-corrected chi connectivity index (χ4v) is 5.93. The SMILES string of the molecule is CC(C)(C)[C@H]([C@H](O)c1ccccc1)[P+](=O)C1CCCCC1. The average molecular weight is 307 g/mol. The molecule has 0 saturated heterocycles. The molecule has 3 atom stereocenters. The molecule has 1 aromatic rings. The molecule has 2 rings (SSSR count). The Bertz CT molecular complexity index is 458. The number of hydrogen-bond acceptors (Lipinski definition) is 2. The topological polar surface area (TPSA) is 37.3 Å². The van der Waals surface area contributed by atoms with E-state index in [2.05, 4.69) is 20.8 Å². The van der Waals surface area contributed by atoms with Gasteiger partial charge in [-0.2, -0.15) is 0 Å². The zero-order valence-electron chi connectivity index (χ0n) is 13.5. The third-order valence-corrected chi connectivity index (χ3v) is 7.38. The zero-order valence-corrected chi connectivity index (χ0v) is 14.4. The van der Waals surface area contributed by atoms with Crippen LogP contribution in [0.2, 0.25) is 0 Å². The second-order valence-electron chi connectivity index (χ2n) is 7.32. The second-order valence-corrected chi connectivity index (χ2v) is 9.32. The molecule has 0 radical (unpaired) electrons. The molecule has 1 saturated carbocycles. The van der Waals surface area contributed by atoms with Crippen molar-refractivity contribution < 1.29 is 9.67 Å². The summed E-state index contributed by atoms with van der Waals surface area (Å²) in [4.78, 5) is 0. The Morgan fingerprint density at radius 3 is 2.19 bits per heavy atom. The van der Waals surface area contributed by atoms with Gasteiger partial charge < -0.3 is 5.11 Å². The van der Waals surface area contributed by atoms with Crippen molar-refractivity contribution in [1.82, 2.24) is 0 Å². The molecule has 2 nitrogen and oxygen atoms in total. The van der Waals surface area contributed by atoms with Crippen LogP contribution in [0.15, 0.2) is 30.3 Å². The highest BCUT2D eigenvalue weighted by Gasteiger charge is 2.50. The fourth-order valence-electron chi connectivity index (χ4n) is 3.39. The molecular formula is C18H28O2P+. The Balaban J connectivity index is 2.24. The molecule has 1 aliphatic rings. The summed E-state index contributed by atoms with van der Waals surface area (Å²) in [5.41, 5.74) is 0.825. The summed E-state index contributed by atoms with van der Waals surface area (Å²) in [6, 6.07) is 9.70. The average Bonchev–Trinajstić information content (AvgIpc) is 2.47. The largest absolute Gasteiger partial charge is 0.384 e. The molecule has 21 heavy (non-hydrogen) atoms. The first-order valence-corrected chi connectivity index (χ1v) is 9.49. The van der Waals surface area contributed by atoms with E-state index in [1.165, 1.54) is 19.3 Å². The van der Waals surface area contributed by atoms with Crippen LogP contribution in [0.1, 0.15) is 64.5 Å². The van der Waals surface area contributed by atoms with Gasteiger partial charge in [0, 0.05) is 5.41 Å². The van der Waals surface area contributed by atoms with Gasteiger partial charge in [-0.3, -0.25) is 0 Å². The Kier molecular flexibility index (Phi) is 5.57. The lowest BCUT2D eigenvalue weighted by Gasteiger charge is -2.29. The first kappa shape index (κ1) is 16.6. The maximum Gasteiger partial charge on any atom is 0.348 e. The van der Waals surface area contributed by atoms with Gasteiger partial charge in [-0.15, -0.1) is 0 Å². The molecule has 0 bridgehead atoms. The molecule has 0 heterocycles. The summed E-state index contributed by atoms with van der Waals surface area (Å²) >= 11 is 0. The minimum atomic E-state index is -1.41. The number of hydrogen-bond donors (Lipinski definition) is 1. The van der Waals surface area contributed by atoms with Crippen molar-refractivity contribution in [2.24, 2.45) is 5.41 Å². The van der Waals surface area contributed by atoms with Gasteiger partial charge in [-0.05, 0) is 31.2 Å². The summed E-state index contributed by atoms with van der Waals surface area (Å²) in [7, 11) is -1.41. The lowest BCUT2D eigenvalue weighted by molar-refractivity contribution is 0.126. The van der Waals surface area contributed by atoms with Gasteiger partial charge >= 0.3 is 7.80 Å². The first-order chi connectivity index (χ1) is 9.91. The minimum Gasteiger partial charge on any atom is -0.384 e. The van der Waals surface area contributed by atoms with Crippen molar-refractivity contribution in [2.75, 3.05) is 0 Å². The minimum absolute atomic E-state index is 0.167. The fraction of sp³-hybridized carbons (Fsp3) is 0.667. The van der Waals surface area contributed by atoms with E-state index in [4.69, 9.17) is 0 Å². The number of rotatable bonds is 4. The molecule has 3 heteroatoms. The lowest BCUT2D eigenvalue weighted by Crippen LogP contribution is -2.32. The highest BCUT2D eigenvalue weighted by Crippen LogP contribution is 2.52. The monoisotopic (exact) mass is 307 g/mol. The van der Waals surface area contributed by atoms with Crippen LogP contribution >= 0.6 is 7.80 Å². The highest BCUT2D eigenvalue weighted by molar-refractivity contribution is 7.46. The molecular weight excluding hydrogens is 279 g/mol. The van der Waals surface area contributed by atoms with Crippen molar-refractivity contribution in [3.05, 3.63) is 35.9 Å². The van der Waals surface area contributed by atoms with Gasteiger partial charge in [-0.1, -0.05) is 62.1 Å². The maximum absolute atomic E-state index is 13.1. The van der Waals surface area contributed by atoms with Gasteiger partial charge in [-0.25, -0.2) is 0 Å². The van der Waals surface area contributed by atoms with Crippen molar-refractivity contribution in [1.29, 1.82) is 0 Å². The highest BCUT2D eigenvalue weighted by atomic mass is 31.1. The van der Waals surface area contributed by atoms with Crippen LogP contribution in [0.25, 0.3) is 0 Å². The van der Waals surface area contributed by atoms with Crippen LogP contribution in [0.4, 0.5) is 0 Å². The molecule has 1 N–H and O–H groups in total. The lowest BCUT2D eigenvalue weighted by atomic mass is 9.86. The quantitative estimate of drug-likeness (QED) is 0.767. The van der Waals surface area contributed by atoms with Crippen molar-refractivity contribution in [3.8, 4) is 0 Å². The van der Waals surface area contributed by atoms with Crippen LogP contribution in [0.3, 0.4) is 0 Å². The summed E-state index contributed by atoms with van der Waals surface area (Å²) in [5, 5.41) is 10.8. The van der Waals surface area contributed by atoms with E-state index in [0.717, 1.165) is 18.4 Å². The number of aliphatic hydroxyl groups excluding tert-OH is 1. The maximum atomic E-state index is 13.1. The van der Waals surface area contributed by atoms with E-state index >= 15 is 0 Å². The zero-order chi connectivity index (χ0) is 15.5. The van der Waals surface area contributed by atoms with Gasteiger partial charge in [0.2, 0.25) is 0 Å². The Morgan fingerprint density at radius 1 is 1.10 bits per heavy atom. The summed E-state index contributed by atoms with van der Waals surface area (Å²) in [6.45, 7) is 6.29. The molecule has 1 fully saturated rings. The Hall–Kier alpha value is -0.720. The molecule has 1 aromatic carbocycles.